The van der Waals surface area contributed by atoms with Crippen LogP contribution in [0.2, 0.25) is 0 Å². The van der Waals surface area contributed by atoms with Crippen LogP contribution in [0.1, 0.15) is 31.9 Å². The minimum Gasteiger partial charge on any atom is -0.328 e. The molecule has 0 heterocycles. The second-order valence-electron chi connectivity index (χ2n) is 4.90. The first kappa shape index (κ1) is 12.2. The Bertz CT molecular complexity index is 313. The molecule has 0 aliphatic rings. The summed E-state index contributed by atoms with van der Waals surface area (Å²) >= 11 is 0. The first-order valence-electron chi connectivity index (χ1n) is 5.39. The fourth-order valence-electron chi connectivity index (χ4n) is 1.72. The summed E-state index contributed by atoms with van der Waals surface area (Å²) in [5.41, 5.74) is 6.81. The van der Waals surface area contributed by atoms with Gasteiger partial charge in [-0.25, -0.2) is 4.39 Å². The topological polar surface area (TPSA) is 26.0 Å². The standard InChI is InChI=1S/C13H20FN/c1-10(15)7-11-5-4-6-12(8-11)9-13(2,3)14/h4-6,8,10H,7,9,15H2,1-3H3. The van der Waals surface area contributed by atoms with E-state index in [1.165, 1.54) is 5.56 Å². The summed E-state index contributed by atoms with van der Waals surface area (Å²) in [6.07, 6.45) is 1.31. The maximum Gasteiger partial charge on any atom is 0.109 e. The molecular weight excluding hydrogens is 189 g/mol. The fraction of sp³-hybridized carbons (Fsp3) is 0.538. The lowest BCUT2D eigenvalue weighted by Gasteiger charge is -2.15. The van der Waals surface area contributed by atoms with Gasteiger partial charge in [-0.05, 0) is 38.3 Å². The van der Waals surface area contributed by atoms with Crippen molar-refractivity contribution in [3.05, 3.63) is 35.4 Å². The van der Waals surface area contributed by atoms with Gasteiger partial charge in [0.25, 0.3) is 0 Å². The first-order valence-corrected chi connectivity index (χ1v) is 5.39. The molecule has 0 aliphatic carbocycles. The number of benzene rings is 1. The monoisotopic (exact) mass is 209 g/mol. The summed E-state index contributed by atoms with van der Waals surface area (Å²) in [4.78, 5) is 0. The SMILES string of the molecule is CC(N)Cc1cccc(CC(C)(C)F)c1. The van der Waals surface area contributed by atoms with Crippen LogP contribution < -0.4 is 5.73 Å². The van der Waals surface area contributed by atoms with E-state index in [9.17, 15) is 4.39 Å². The number of nitrogens with two attached hydrogens (primary N) is 1. The Hall–Kier alpha value is -0.890. The van der Waals surface area contributed by atoms with Crippen molar-refractivity contribution in [1.29, 1.82) is 0 Å². The molecule has 2 N–H and O–H groups in total. The second kappa shape index (κ2) is 4.75. The van der Waals surface area contributed by atoms with Crippen LogP contribution in [0.15, 0.2) is 24.3 Å². The highest BCUT2D eigenvalue weighted by molar-refractivity contribution is 5.25. The average molecular weight is 209 g/mol. The highest BCUT2D eigenvalue weighted by Crippen LogP contribution is 2.17. The van der Waals surface area contributed by atoms with Gasteiger partial charge in [0, 0.05) is 12.5 Å². The maximum atomic E-state index is 13.4. The summed E-state index contributed by atoms with van der Waals surface area (Å²) in [6, 6.07) is 8.17. The Morgan fingerprint density at radius 1 is 1.33 bits per heavy atom. The molecule has 1 rings (SSSR count). The fourth-order valence-corrected chi connectivity index (χ4v) is 1.72. The lowest BCUT2D eigenvalue weighted by molar-refractivity contribution is 0.217. The molecule has 0 spiro atoms. The normalized spacial score (nSPS) is 13.9. The summed E-state index contributed by atoms with van der Waals surface area (Å²) < 4.78 is 13.4. The van der Waals surface area contributed by atoms with Crippen LogP contribution in [0.5, 0.6) is 0 Å². The van der Waals surface area contributed by atoms with E-state index < -0.39 is 5.67 Å². The van der Waals surface area contributed by atoms with E-state index in [0.29, 0.717) is 6.42 Å². The van der Waals surface area contributed by atoms with Crippen molar-refractivity contribution in [1.82, 2.24) is 0 Å². The molecular formula is C13H20FN. The molecule has 0 amide bonds. The van der Waals surface area contributed by atoms with Crippen molar-refractivity contribution < 1.29 is 4.39 Å². The van der Waals surface area contributed by atoms with Crippen molar-refractivity contribution in [3.63, 3.8) is 0 Å². The van der Waals surface area contributed by atoms with Crippen LogP contribution in [0, 0.1) is 0 Å². The quantitative estimate of drug-likeness (QED) is 0.810. The lowest BCUT2D eigenvalue weighted by atomic mass is 9.97. The molecule has 0 radical (unpaired) electrons. The number of hydrogen-bond donors (Lipinski definition) is 1. The molecule has 1 nitrogen and oxygen atoms in total. The summed E-state index contributed by atoms with van der Waals surface area (Å²) in [6.45, 7) is 5.18. The summed E-state index contributed by atoms with van der Waals surface area (Å²) in [5.74, 6) is 0. The Morgan fingerprint density at radius 3 is 2.47 bits per heavy atom. The Morgan fingerprint density at radius 2 is 1.93 bits per heavy atom. The van der Waals surface area contributed by atoms with Gasteiger partial charge in [-0.15, -0.1) is 0 Å². The molecule has 2 heteroatoms. The Kier molecular flexibility index (Phi) is 3.86. The zero-order valence-corrected chi connectivity index (χ0v) is 9.76. The van der Waals surface area contributed by atoms with Gasteiger partial charge in [-0.1, -0.05) is 24.3 Å². The van der Waals surface area contributed by atoms with Gasteiger partial charge in [-0.2, -0.15) is 0 Å². The zero-order chi connectivity index (χ0) is 11.5. The van der Waals surface area contributed by atoms with E-state index in [2.05, 4.69) is 0 Å². The summed E-state index contributed by atoms with van der Waals surface area (Å²) in [7, 11) is 0. The molecule has 15 heavy (non-hydrogen) atoms. The van der Waals surface area contributed by atoms with Crippen LogP contribution in [0.4, 0.5) is 4.39 Å². The van der Waals surface area contributed by atoms with Crippen LogP contribution in [0.3, 0.4) is 0 Å². The highest BCUT2D eigenvalue weighted by atomic mass is 19.1. The molecule has 84 valence electrons. The molecule has 0 aromatic heterocycles. The molecule has 1 aromatic rings. The van der Waals surface area contributed by atoms with E-state index >= 15 is 0 Å². The lowest BCUT2D eigenvalue weighted by Crippen LogP contribution is -2.18. The number of alkyl halides is 1. The minimum absolute atomic E-state index is 0.152. The molecule has 0 aliphatic heterocycles. The largest absolute Gasteiger partial charge is 0.328 e. The number of rotatable bonds is 4. The first-order chi connectivity index (χ1) is 6.87. The van der Waals surface area contributed by atoms with Gasteiger partial charge in [0.15, 0.2) is 0 Å². The number of hydrogen-bond acceptors (Lipinski definition) is 1. The van der Waals surface area contributed by atoms with Crippen molar-refractivity contribution >= 4 is 0 Å². The van der Waals surface area contributed by atoms with Gasteiger partial charge in [0.05, 0.1) is 0 Å². The Labute approximate surface area is 91.5 Å². The van der Waals surface area contributed by atoms with Gasteiger partial charge < -0.3 is 5.73 Å². The van der Waals surface area contributed by atoms with Crippen LogP contribution in [-0.2, 0) is 12.8 Å². The predicted octanol–water partition coefficient (Wildman–Crippen LogP) is 2.87. The molecule has 1 aromatic carbocycles. The van der Waals surface area contributed by atoms with Gasteiger partial charge in [-0.3, -0.25) is 0 Å². The van der Waals surface area contributed by atoms with Gasteiger partial charge in [0.1, 0.15) is 5.67 Å². The Balaban J connectivity index is 2.74. The molecule has 1 unspecified atom stereocenters. The van der Waals surface area contributed by atoms with E-state index in [1.807, 2.05) is 31.2 Å². The van der Waals surface area contributed by atoms with Gasteiger partial charge >= 0.3 is 0 Å². The van der Waals surface area contributed by atoms with Crippen LogP contribution in [-0.4, -0.2) is 11.7 Å². The molecule has 1 atom stereocenters. The third kappa shape index (κ3) is 4.93. The third-order valence-corrected chi connectivity index (χ3v) is 2.17. The van der Waals surface area contributed by atoms with E-state index in [1.54, 1.807) is 13.8 Å². The molecule has 0 saturated heterocycles. The molecule has 0 saturated carbocycles. The van der Waals surface area contributed by atoms with Crippen molar-refractivity contribution in [2.24, 2.45) is 5.73 Å². The average Bonchev–Trinajstić information content (AvgIpc) is 1.99. The third-order valence-electron chi connectivity index (χ3n) is 2.17. The van der Waals surface area contributed by atoms with E-state index in [0.717, 1.165) is 12.0 Å². The van der Waals surface area contributed by atoms with Crippen LogP contribution in [0.25, 0.3) is 0 Å². The highest BCUT2D eigenvalue weighted by Gasteiger charge is 2.16. The minimum atomic E-state index is -1.15. The molecule has 0 fully saturated rings. The predicted molar refractivity (Wildman–Crippen MR) is 62.7 cm³/mol. The summed E-state index contributed by atoms with van der Waals surface area (Å²) in [5, 5.41) is 0. The van der Waals surface area contributed by atoms with Crippen molar-refractivity contribution in [2.75, 3.05) is 0 Å². The van der Waals surface area contributed by atoms with E-state index in [4.69, 9.17) is 5.73 Å². The van der Waals surface area contributed by atoms with Crippen molar-refractivity contribution in [2.45, 2.75) is 45.3 Å². The van der Waals surface area contributed by atoms with Crippen LogP contribution >= 0.6 is 0 Å². The van der Waals surface area contributed by atoms with Crippen molar-refractivity contribution in [3.8, 4) is 0 Å². The zero-order valence-electron chi connectivity index (χ0n) is 9.76. The number of halogens is 1. The second-order valence-corrected chi connectivity index (χ2v) is 4.90. The van der Waals surface area contributed by atoms with Gasteiger partial charge in [0.2, 0.25) is 0 Å². The maximum absolute atomic E-state index is 13.4. The van der Waals surface area contributed by atoms with E-state index in [-0.39, 0.29) is 6.04 Å². The molecule has 0 bridgehead atoms. The smallest absolute Gasteiger partial charge is 0.109 e.